The SMILES string of the molecule is CC1=CC=C(N(I)/C2=C/C(C)CC(C)CC#C2)CC1. The maximum atomic E-state index is 3.36. The van der Waals surface area contributed by atoms with Crippen molar-refractivity contribution in [1.29, 1.82) is 0 Å². The van der Waals surface area contributed by atoms with E-state index in [1.807, 2.05) is 0 Å². The second-order valence-electron chi connectivity index (χ2n) is 5.83. The maximum absolute atomic E-state index is 3.36. The fourth-order valence-corrected chi connectivity index (χ4v) is 3.26. The summed E-state index contributed by atoms with van der Waals surface area (Å²) in [5.74, 6) is 8.01. The molecule has 0 saturated carbocycles. The molecule has 0 aliphatic heterocycles. The van der Waals surface area contributed by atoms with E-state index in [0.717, 1.165) is 12.8 Å². The molecule has 0 saturated heterocycles. The summed E-state index contributed by atoms with van der Waals surface area (Å²) in [7, 11) is 0. The zero-order chi connectivity index (χ0) is 13.8. The Morgan fingerprint density at radius 3 is 2.74 bits per heavy atom. The van der Waals surface area contributed by atoms with E-state index in [0.29, 0.717) is 11.8 Å². The number of hydrogen-bond donors (Lipinski definition) is 0. The van der Waals surface area contributed by atoms with E-state index in [1.54, 1.807) is 0 Å². The Kier molecular flexibility index (Phi) is 5.15. The van der Waals surface area contributed by atoms with Crippen molar-refractivity contribution in [3.63, 3.8) is 0 Å². The summed E-state index contributed by atoms with van der Waals surface area (Å²) in [6.45, 7) is 6.79. The maximum Gasteiger partial charge on any atom is 0.0973 e. The van der Waals surface area contributed by atoms with Gasteiger partial charge in [-0.3, -0.25) is 3.11 Å². The zero-order valence-electron chi connectivity index (χ0n) is 12.0. The van der Waals surface area contributed by atoms with Crippen molar-refractivity contribution in [3.8, 4) is 11.8 Å². The van der Waals surface area contributed by atoms with Crippen LogP contribution in [0.2, 0.25) is 0 Å². The average molecular weight is 367 g/mol. The van der Waals surface area contributed by atoms with E-state index in [2.05, 4.69) is 76.8 Å². The lowest BCUT2D eigenvalue weighted by atomic mass is 9.92. The molecule has 0 spiro atoms. The van der Waals surface area contributed by atoms with Crippen LogP contribution in [0, 0.1) is 23.7 Å². The Balaban J connectivity index is 2.18. The molecule has 2 aliphatic carbocycles. The Hall–Kier alpha value is -0.690. The van der Waals surface area contributed by atoms with Gasteiger partial charge in [-0.15, -0.1) is 0 Å². The third-order valence-electron chi connectivity index (χ3n) is 3.68. The molecule has 0 bridgehead atoms. The minimum absolute atomic E-state index is 0.610. The molecule has 0 amide bonds. The Labute approximate surface area is 131 Å². The van der Waals surface area contributed by atoms with Crippen molar-refractivity contribution in [3.05, 3.63) is 35.2 Å². The van der Waals surface area contributed by atoms with E-state index >= 15 is 0 Å². The third kappa shape index (κ3) is 4.14. The van der Waals surface area contributed by atoms with E-state index in [-0.39, 0.29) is 0 Å². The highest BCUT2D eigenvalue weighted by atomic mass is 127. The molecular weight excluding hydrogens is 345 g/mol. The molecule has 0 aromatic carbocycles. The number of hydrogen-bond acceptors (Lipinski definition) is 1. The molecule has 0 N–H and O–H groups in total. The fraction of sp³-hybridized carbons (Fsp3) is 0.529. The van der Waals surface area contributed by atoms with Gasteiger partial charge in [0, 0.05) is 12.1 Å². The number of nitrogens with zero attached hydrogens (tertiary/aromatic N) is 1. The van der Waals surface area contributed by atoms with E-state index < -0.39 is 0 Å². The first kappa shape index (κ1) is 14.7. The van der Waals surface area contributed by atoms with Gasteiger partial charge in [0.15, 0.2) is 0 Å². The zero-order valence-corrected chi connectivity index (χ0v) is 14.2. The highest BCUT2D eigenvalue weighted by Crippen LogP contribution is 2.29. The molecule has 0 fully saturated rings. The second kappa shape index (κ2) is 6.65. The number of halogens is 1. The normalized spacial score (nSPS) is 29.8. The summed E-state index contributed by atoms with van der Waals surface area (Å²) in [4.78, 5) is 0. The predicted molar refractivity (Wildman–Crippen MR) is 90.4 cm³/mol. The Morgan fingerprint density at radius 1 is 1.26 bits per heavy atom. The molecule has 0 radical (unpaired) electrons. The summed E-state index contributed by atoms with van der Waals surface area (Å²) in [6, 6.07) is 0. The minimum Gasteiger partial charge on any atom is -0.280 e. The summed E-state index contributed by atoms with van der Waals surface area (Å²) < 4.78 is 2.25. The van der Waals surface area contributed by atoms with Crippen LogP contribution in [0.25, 0.3) is 0 Å². The molecule has 19 heavy (non-hydrogen) atoms. The van der Waals surface area contributed by atoms with E-state index in [4.69, 9.17) is 0 Å². The molecule has 0 heterocycles. The summed E-state index contributed by atoms with van der Waals surface area (Å²) >= 11 is 2.40. The lowest BCUT2D eigenvalue weighted by Gasteiger charge is -2.24. The largest absolute Gasteiger partial charge is 0.280 e. The van der Waals surface area contributed by atoms with Crippen LogP contribution in [0.5, 0.6) is 0 Å². The smallest absolute Gasteiger partial charge is 0.0973 e. The molecule has 2 heteroatoms. The van der Waals surface area contributed by atoms with E-state index in [1.165, 1.54) is 29.8 Å². The lowest BCUT2D eigenvalue weighted by molar-refractivity contribution is 0.470. The Morgan fingerprint density at radius 2 is 2.05 bits per heavy atom. The summed E-state index contributed by atoms with van der Waals surface area (Å²) in [5.41, 5.74) is 4.00. The van der Waals surface area contributed by atoms with Crippen LogP contribution in [0.4, 0.5) is 0 Å². The third-order valence-corrected chi connectivity index (χ3v) is 4.82. The monoisotopic (exact) mass is 367 g/mol. The molecule has 2 rings (SSSR count). The van der Waals surface area contributed by atoms with Crippen LogP contribution >= 0.6 is 22.9 Å². The molecule has 102 valence electrons. The fourth-order valence-electron chi connectivity index (χ4n) is 2.58. The number of allylic oxidation sites excluding steroid dienone is 6. The van der Waals surface area contributed by atoms with Crippen molar-refractivity contribution in [2.45, 2.75) is 46.5 Å². The van der Waals surface area contributed by atoms with Crippen LogP contribution < -0.4 is 0 Å². The highest BCUT2D eigenvalue weighted by molar-refractivity contribution is 14.1. The summed E-state index contributed by atoms with van der Waals surface area (Å²) in [6.07, 6.45) is 11.3. The van der Waals surface area contributed by atoms with Gasteiger partial charge in [0.05, 0.1) is 28.6 Å². The van der Waals surface area contributed by atoms with Gasteiger partial charge in [-0.05, 0) is 56.1 Å². The highest BCUT2D eigenvalue weighted by Gasteiger charge is 2.16. The van der Waals surface area contributed by atoms with Crippen LogP contribution in [0.15, 0.2) is 35.2 Å². The minimum atomic E-state index is 0.610. The molecule has 0 aromatic rings. The lowest BCUT2D eigenvalue weighted by Crippen LogP contribution is -2.14. The summed E-state index contributed by atoms with van der Waals surface area (Å²) in [5, 5.41) is 0. The second-order valence-corrected chi connectivity index (χ2v) is 6.79. The number of rotatable bonds is 2. The predicted octanol–water partition coefficient (Wildman–Crippen LogP) is 5.22. The first-order valence-corrected chi connectivity index (χ1v) is 8.05. The quantitative estimate of drug-likeness (QED) is 0.368. The Bertz CT molecular complexity index is 487. The molecular formula is C17H22IN. The molecule has 2 atom stereocenters. The van der Waals surface area contributed by atoms with Gasteiger partial charge in [0.2, 0.25) is 0 Å². The molecule has 0 aromatic heterocycles. The van der Waals surface area contributed by atoms with Crippen molar-refractivity contribution in [2.75, 3.05) is 0 Å². The first-order valence-electron chi connectivity index (χ1n) is 7.09. The van der Waals surface area contributed by atoms with Gasteiger partial charge in [-0.2, -0.15) is 0 Å². The topological polar surface area (TPSA) is 3.24 Å². The van der Waals surface area contributed by atoms with Crippen LogP contribution in [-0.4, -0.2) is 3.11 Å². The average Bonchev–Trinajstić information content (AvgIpc) is 2.35. The van der Waals surface area contributed by atoms with Gasteiger partial charge >= 0.3 is 0 Å². The van der Waals surface area contributed by atoms with Gasteiger partial charge in [-0.25, -0.2) is 0 Å². The molecule has 1 nitrogen and oxygen atoms in total. The van der Waals surface area contributed by atoms with Crippen molar-refractivity contribution < 1.29 is 0 Å². The van der Waals surface area contributed by atoms with Gasteiger partial charge < -0.3 is 0 Å². The van der Waals surface area contributed by atoms with Gasteiger partial charge in [0.25, 0.3) is 0 Å². The first-order chi connectivity index (χ1) is 9.06. The van der Waals surface area contributed by atoms with Gasteiger partial charge in [0.1, 0.15) is 0 Å². The van der Waals surface area contributed by atoms with Crippen LogP contribution in [-0.2, 0) is 0 Å². The van der Waals surface area contributed by atoms with Gasteiger partial charge in [-0.1, -0.05) is 31.4 Å². The van der Waals surface area contributed by atoms with Crippen LogP contribution in [0.1, 0.15) is 46.5 Å². The molecule has 2 unspecified atom stereocenters. The molecule has 2 aliphatic rings. The van der Waals surface area contributed by atoms with E-state index in [9.17, 15) is 0 Å². The van der Waals surface area contributed by atoms with Crippen molar-refractivity contribution in [2.24, 2.45) is 11.8 Å². The van der Waals surface area contributed by atoms with Crippen LogP contribution in [0.3, 0.4) is 0 Å². The van der Waals surface area contributed by atoms with Crippen molar-refractivity contribution in [1.82, 2.24) is 3.11 Å². The standard InChI is InChI=1S/C17H22IN/c1-13-7-9-16(10-8-13)19(18)17-6-4-5-14(2)11-15(3)12-17/h7,9,12,14-15H,5,8,10-11H2,1-3H3/b17-12+. The van der Waals surface area contributed by atoms with Crippen molar-refractivity contribution >= 4 is 22.9 Å².